The van der Waals surface area contributed by atoms with Gasteiger partial charge in [-0.05, 0) is 50.6 Å². The molecule has 0 radical (unpaired) electrons. The van der Waals surface area contributed by atoms with Gasteiger partial charge in [0.1, 0.15) is 5.60 Å². The van der Waals surface area contributed by atoms with Crippen molar-refractivity contribution >= 4 is 46.3 Å². The van der Waals surface area contributed by atoms with E-state index in [0.29, 0.717) is 28.4 Å². The highest BCUT2D eigenvalue weighted by Gasteiger charge is 2.30. The van der Waals surface area contributed by atoms with Crippen LogP contribution in [0.2, 0.25) is 5.02 Å². The summed E-state index contributed by atoms with van der Waals surface area (Å²) in [5, 5.41) is 4.33. The summed E-state index contributed by atoms with van der Waals surface area (Å²) in [5.41, 5.74) is 3.87. The second-order valence-corrected chi connectivity index (χ2v) is 11.4. The molecule has 1 N–H and O–H groups in total. The van der Waals surface area contributed by atoms with Gasteiger partial charge in [0.15, 0.2) is 0 Å². The zero-order valence-corrected chi connectivity index (χ0v) is 21.2. The Morgan fingerprint density at radius 2 is 1.91 bits per heavy atom. The van der Waals surface area contributed by atoms with Gasteiger partial charge in [-0.2, -0.15) is 11.8 Å². The maximum Gasteiger partial charge on any atom is 0.419 e. The molecule has 1 aromatic heterocycles. The second-order valence-electron chi connectivity index (χ2n) is 9.76. The fraction of sp³-hybridized carbons (Fsp3) is 0.385. The fourth-order valence-electron chi connectivity index (χ4n) is 4.61. The predicted octanol–water partition coefficient (Wildman–Crippen LogP) is 5.54. The van der Waals surface area contributed by atoms with Crippen molar-refractivity contribution in [2.45, 2.75) is 39.5 Å². The van der Waals surface area contributed by atoms with Crippen LogP contribution in [-0.2, 0) is 17.8 Å². The molecule has 1 fully saturated rings. The van der Waals surface area contributed by atoms with Gasteiger partial charge < -0.3 is 10.1 Å². The Hall–Kier alpha value is -2.48. The summed E-state index contributed by atoms with van der Waals surface area (Å²) in [4.78, 5) is 28.6. The Labute approximate surface area is 208 Å². The lowest BCUT2D eigenvalue weighted by atomic mass is 10.00. The number of hydrogen-bond acceptors (Lipinski definition) is 5. The van der Waals surface area contributed by atoms with E-state index in [1.807, 2.05) is 50.7 Å². The maximum absolute atomic E-state index is 13.4. The van der Waals surface area contributed by atoms with Gasteiger partial charge in [-0.3, -0.25) is 9.69 Å². The third-order valence-corrected chi connectivity index (χ3v) is 7.43. The number of nitrogens with one attached hydrogen (secondary N) is 1. The van der Waals surface area contributed by atoms with Gasteiger partial charge in [-0.15, -0.1) is 0 Å². The van der Waals surface area contributed by atoms with Gasteiger partial charge in [-0.25, -0.2) is 9.36 Å². The van der Waals surface area contributed by atoms with E-state index in [0.717, 1.165) is 47.6 Å². The Morgan fingerprint density at radius 1 is 1.15 bits per heavy atom. The summed E-state index contributed by atoms with van der Waals surface area (Å²) in [5.74, 6) is 2.13. The van der Waals surface area contributed by atoms with E-state index in [1.165, 1.54) is 5.56 Å². The predicted molar refractivity (Wildman–Crippen MR) is 138 cm³/mol. The number of thioether (sulfide) groups is 1. The molecule has 3 heterocycles. The molecule has 0 unspecified atom stereocenters. The molecule has 8 heteroatoms. The summed E-state index contributed by atoms with van der Waals surface area (Å²) in [6.45, 7) is 8.96. The van der Waals surface area contributed by atoms with E-state index in [4.69, 9.17) is 16.3 Å². The number of fused-ring (bicyclic) bond motifs is 2. The molecule has 34 heavy (non-hydrogen) atoms. The molecule has 6 nitrogen and oxygen atoms in total. The lowest BCUT2D eigenvalue weighted by Gasteiger charge is -2.26. The van der Waals surface area contributed by atoms with Crippen LogP contribution in [0.5, 0.6) is 0 Å². The standard InChI is InChI=1S/C26H28ClN3O3S/c1-26(2,3)33-25(32)30-21-7-4-16(15-29-8-10-34-11-9-29)12-17(21)13-22(30)18-5-6-20(27)19-14-28-24(31)23(18)19/h4-7,12-13H,8-11,14-15H2,1-3H3,(H,28,31). The minimum Gasteiger partial charge on any atom is -0.443 e. The molecule has 178 valence electrons. The molecule has 1 amide bonds. The molecule has 0 bridgehead atoms. The van der Waals surface area contributed by atoms with Crippen molar-refractivity contribution in [1.82, 2.24) is 14.8 Å². The van der Waals surface area contributed by atoms with Crippen molar-refractivity contribution in [3.05, 3.63) is 58.1 Å². The summed E-state index contributed by atoms with van der Waals surface area (Å²) in [6, 6.07) is 11.8. The minimum atomic E-state index is -0.656. The van der Waals surface area contributed by atoms with E-state index < -0.39 is 11.7 Å². The molecule has 2 aromatic carbocycles. The highest BCUT2D eigenvalue weighted by molar-refractivity contribution is 7.99. The van der Waals surface area contributed by atoms with Crippen LogP contribution in [0.1, 0.15) is 42.3 Å². The van der Waals surface area contributed by atoms with Gasteiger partial charge >= 0.3 is 6.09 Å². The average Bonchev–Trinajstić information content (AvgIpc) is 3.35. The summed E-state index contributed by atoms with van der Waals surface area (Å²) in [7, 11) is 0. The highest BCUT2D eigenvalue weighted by Crippen LogP contribution is 2.37. The summed E-state index contributed by atoms with van der Waals surface area (Å²) >= 11 is 8.37. The first kappa shape index (κ1) is 23.3. The monoisotopic (exact) mass is 497 g/mol. The first-order chi connectivity index (χ1) is 16.2. The number of aromatic nitrogens is 1. The number of rotatable bonds is 3. The zero-order valence-electron chi connectivity index (χ0n) is 19.6. The minimum absolute atomic E-state index is 0.183. The van der Waals surface area contributed by atoms with Crippen molar-refractivity contribution in [2.24, 2.45) is 0 Å². The van der Waals surface area contributed by atoms with Gasteiger partial charge in [0.25, 0.3) is 5.91 Å². The van der Waals surface area contributed by atoms with E-state index >= 15 is 0 Å². The first-order valence-electron chi connectivity index (χ1n) is 11.5. The van der Waals surface area contributed by atoms with Crippen molar-refractivity contribution in [2.75, 3.05) is 24.6 Å². The number of halogens is 1. The van der Waals surface area contributed by atoms with Crippen LogP contribution in [0, 0.1) is 0 Å². The number of carbonyl (C=O) groups is 2. The average molecular weight is 498 g/mol. The molecule has 0 saturated carbocycles. The van der Waals surface area contributed by atoms with Crippen molar-refractivity contribution in [3.8, 4) is 11.3 Å². The smallest absolute Gasteiger partial charge is 0.419 e. The Balaban J connectivity index is 1.64. The molecule has 2 aliphatic heterocycles. The number of carbonyl (C=O) groups excluding carboxylic acids is 2. The van der Waals surface area contributed by atoms with E-state index in [1.54, 1.807) is 10.6 Å². The van der Waals surface area contributed by atoms with Gasteiger partial charge in [0.2, 0.25) is 0 Å². The molecule has 3 aromatic rings. The van der Waals surface area contributed by atoms with Gasteiger partial charge in [0.05, 0.1) is 16.8 Å². The Kier molecular flexibility index (Phi) is 6.12. The second kappa shape index (κ2) is 8.95. The molecule has 0 atom stereocenters. The normalized spacial score (nSPS) is 16.5. The zero-order chi connectivity index (χ0) is 24.0. The van der Waals surface area contributed by atoms with Gasteiger partial charge in [-0.1, -0.05) is 23.7 Å². The van der Waals surface area contributed by atoms with Crippen molar-refractivity contribution in [3.63, 3.8) is 0 Å². The molecule has 5 rings (SSSR count). The first-order valence-corrected chi connectivity index (χ1v) is 13.0. The quantitative estimate of drug-likeness (QED) is 0.515. The lowest BCUT2D eigenvalue weighted by molar-refractivity contribution is 0.0547. The number of hydrogen-bond donors (Lipinski definition) is 1. The lowest BCUT2D eigenvalue weighted by Crippen LogP contribution is -2.31. The Bertz CT molecular complexity index is 1290. The molecular formula is C26H28ClN3O3S. The van der Waals surface area contributed by atoms with Crippen LogP contribution < -0.4 is 5.32 Å². The van der Waals surface area contributed by atoms with Crippen molar-refractivity contribution < 1.29 is 14.3 Å². The number of amides is 1. The number of ether oxygens (including phenoxy) is 1. The van der Waals surface area contributed by atoms with Crippen LogP contribution >= 0.6 is 23.4 Å². The molecular weight excluding hydrogens is 470 g/mol. The third-order valence-electron chi connectivity index (χ3n) is 6.14. The number of nitrogens with zero attached hydrogens (tertiary/aromatic N) is 2. The van der Waals surface area contributed by atoms with Gasteiger partial charge in [0, 0.05) is 59.2 Å². The molecule has 2 aliphatic rings. The fourth-order valence-corrected chi connectivity index (χ4v) is 5.81. The van der Waals surface area contributed by atoms with Crippen LogP contribution in [0.3, 0.4) is 0 Å². The van der Waals surface area contributed by atoms with Crippen molar-refractivity contribution in [1.29, 1.82) is 0 Å². The van der Waals surface area contributed by atoms with Crippen LogP contribution in [0.4, 0.5) is 4.79 Å². The topological polar surface area (TPSA) is 63.6 Å². The van der Waals surface area contributed by atoms with E-state index in [2.05, 4.69) is 22.3 Å². The van der Waals surface area contributed by atoms with E-state index in [-0.39, 0.29) is 5.91 Å². The third kappa shape index (κ3) is 4.44. The SMILES string of the molecule is CC(C)(C)OC(=O)n1c(-c2ccc(Cl)c3c2C(=O)NC3)cc2cc(CN3CCSCC3)ccc21. The summed E-state index contributed by atoms with van der Waals surface area (Å²) < 4.78 is 7.34. The molecule has 0 spiro atoms. The number of benzene rings is 2. The Morgan fingerprint density at radius 3 is 2.65 bits per heavy atom. The largest absolute Gasteiger partial charge is 0.443 e. The molecule has 0 aliphatic carbocycles. The van der Waals surface area contributed by atoms with Crippen LogP contribution in [0.25, 0.3) is 22.2 Å². The van der Waals surface area contributed by atoms with Crippen LogP contribution in [0.15, 0.2) is 36.4 Å². The van der Waals surface area contributed by atoms with E-state index in [9.17, 15) is 9.59 Å². The van der Waals surface area contributed by atoms with Crippen LogP contribution in [-0.4, -0.2) is 51.7 Å². The highest BCUT2D eigenvalue weighted by atomic mass is 35.5. The summed E-state index contributed by atoms with van der Waals surface area (Å²) in [6.07, 6.45) is -0.472. The molecule has 1 saturated heterocycles. The maximum atomic E-state index is 13.4.